The minimum absolute atomic E-state index is 0.255. The van der Waals surface area contributed by atoms with Crippen molar-refractivity contribution in [1.82, 2.24) is 20.1 Å². The van der Waals surface area contributed by atoms with Crippen molar-refractivity contribution in [3.63, 3.8) is 0 Å². The van der Waals surface area contributed by atoms with Gasteiger partial charge in [-0.25, -0.2) is 0 Å². The highest BCUT2D eigenvalue weighted by atomic mass is 35.5. The van der Waals surface area contributed by atoms with Gasteiger partial charge in [0.1, 0.15) is 17.9 Å². The van der Waals surface area contributed by atoms with Crippen LogP contribution >= 0.6 is 11.6 Å². The number of rotatable bonds is 5. The Hall–Kier alpha value is -1.59. The van der Waals surface area contributed by atoms with Gasteiger partial charge in [0.2, 0.25) is 0 Å². The number of nitrogens with one attached hydrogen (secondary N) is 1. The molecule has 0 saturated heterocycles. The van der Waals surface area contributed by atoms with Gasteiger partial charge in [-0.2, -0.15) is 0 Å². The van der Waals surface area contributed by atoms with E-state index >= 15 is 0 Å². The average molecular weight is 267 g/mol. The van der Waals surface area contributed by atoms with Gasteiger partial charge in [0.05, 0.1) is 0 Å². The van der Waals surface area contributed by atoms with Gasteiger partial charge in [-0.15, -0.1) is 10.2 Å². The molecule has 0 aliphatic heterocycles. The Morgan fingerprint density at radius 1 is 1.44 bits per heavy atom. The molecule has 0 spiro atoms. The fraction of sp³-hybridized carbons (Fsp3) is 0.333. The van der Waals surface area contributed by atoms with Crippen molar-refractivity contribution in [2.45, 2.75) is 13.0 Å². The minimum Gasteiger partial charge on any atom is -0.508 e. The zero-order valence-corrected chi connectivity index (χ0v) is 10.9. The van der Waals surface area contributed by atoms with E-state index in [1.807, 2.05) is 11.6 Å². The molecule has 0 aliphatic rings. The van der Waals surface area contributed by atoms with Gasteiger partial charge in [-0.3, -0.25) is 0 Å². The topological polar surface area (TPSA) is 63.0 Å². The van der Waals surface area contributed by atoms with Crippen LogP contribution in [-0.2, 0) is 20.0 Å². The molecule has 0 atom stereocenters. The number of hydrogen-bond acceptors (Lipinski definition) is 4. The Kier molecular flexibility index (Phi) is 4.17. The first-order valence-corrected chi connectivity index (χ1v) is 6.05. The largest absolute Gasteiger partial charge is 0.508 e. The Morgan fingerprint density at radius 3 is 3.00 bits per heavy atom. The summed E-state index contributed by atoms with van der Waals surface area (Å²) in [5.41, 5.74) is 0.792. The van der Waals surface area contributed by atoms with Gasteiger partial charge in [0.25, 0.3) is 0 Å². The molecule has 18 heavy (non-hydrogen) atoms. The van der Waals surface area contributed by atoms with E-state index in [4.69, 9.17) is 11.6 Å². The van der Waals surface area contributed by atoms with Crippen molar-refractivity contribution in [2.24, 2.45) is 7.05 Å². The number of aromatic hydroxyl groups is 1. The van der Waals surface area contributed by atoms with Crippen LogP contribution in [0.15, 0.2) is 24.5 Å². The minimum atomic E-state index is 0.255. The van der Waals surface area contributed by atoms with Crippen LogP contribution in [0.25, 0.3) is 0 Å². The summed E-state index contributed by atoms with van der Waals surface area (Å²) < 4.78 is 1.89. The van der Waals surface area contributed by atoms with Crippen LogP contribution in [0, 0.1) is 0 Å². The first-order chi connectivity index (χ1) is 8.66. The van der Waals surface area contributed by atoms with E-state index < -0.39 is 0 Å². The molecule has 5 nitrogen and oxygen atoms in total. The smallest absolute Gasteiger partial charge is 0.133 e. The number of benzene rings is 1. The predicted molar refractivity (Wildman–Crippen MR) is 69.5 cm³/mol. The van der Waals surface area contributed by atoms with E-state index in [0.29, 0.717) is 11.6 Å². The van der Waals surface area contributed by atoms with Crippen molar-refractivity contribution in [1.29, 1.82) is 0 Å². The lowest BCUT2D eigenvalue weighted by Crippen LogP contribution is -2.18. The van der Waals surface area contributed by atoms with Gasteiger partial charge in [0, 0.05) is 37.1 Å². The fourth-order valence-electron chi connectivity index (χ4n) is 1.65. The highest BCUT2D eigenvalue weighted by Crippen LogP contribution is 2.20. The number of aromatic nitrogens is 3. The van der Waals surface area contributed by atoms with Crippen LogP contribution in [0.4, 0.5) is 0 Å². The third kappa shape index (κ3) is 3.21. The highest BCUT2D eigenvalue weighted by molar-refractivity contribution is 6.30. The third-order valence-electron chi connectivity index (χ3n) is 2.69. The lowest BCUT2D eigenvalue weighted by Gasteiger charge is -2.07. The normalized spacial score (nSPS) is 10.8. The zero-order valence-electron chi connectivity index (χ0n) is 10.1. The molecule has 1 aromatic carbocycles. The predicted octanol–water partition coefficient (Wildman–Crippen LogP) is 1.51. The molecule has 2 N–H and O–H groups in total. The number of phenols is 1. The van der Waals surface area contributed by atoms with Crippen LogP contribution in [0.3, 0.4) is 0 Å². The maximum atomic E-state index is 9.64. The van der Waals surface area contributed by atoms with Crippen molar-refractivity contribution in [2.75, 3.05) is 6.54 Å². The maximum absolute atomic E-state index is 9.64. The zero-order chi connectivity index (χ0) is 13.0. The molecule has 6 heteroatoms. The molecule has 96 valence electrons. The Labute approximate surface area is 110 Å². The van der Waals surface area contributed by atoms with E-state index in [1.165, 1.54) is 0 Å². The summed E-state index contributed by atoms with van der Waals surface area (Å²) in [6, 6.07) is 5.02. The van der Waals surface area contributed by atoms with Crippen LogP contribution in [0.5, 0.6) is 5.75 Å². The summed E-state index contributed by atoms with van der Waals surface area (Å²) >= 11 is 5.87. The average Bonchev–Trinajstić information content (AvgIpc) is 2.75. The molecule has 0 saturated carbocycles. The summed E-state index contributed by atoms with van der Waals surface area (Å²) in [6.45, 7) is 1.34. The molecule has 0 radical (unpaired) electrons. The second kappa shape index (κ2) is 5.84. The summed E-state index contributed by atoms with van der Waals surface area (Å²) in [6.07, 6.45) is 2.47. The van der Waals surface area contributed by atoms with Crippen LogP contribution < -0.4 is 5.32 Å². The molecule has 0 unspecified atom stereocenters. The van der Waals surface area contributed by atoms with E-state index in [9.17, 15) is 5.11 Å². The molecule has 0 aliphatic carbocycles. The van der Waals surface area contributed by atoms with E-state index in [-0.39, 0.29) is 5.75 Å². The standard InChI is InChI=1S/C12H15ClN4O/c1-17-8-15-16-12(17)4-5-14-7-9-6-10(13)2-3-11(9)18/h2-3,6,8,14,18H,4-5,7H2,1H3. The molecule has 1 heterocycles. The molecule has 0 bridgehead atoms. The monoisotopic (exact) mass is 266 g/mol. The summed E-state index contributed by atoms with van der Waals surface area (Å²) in [4.78, 5) is 0. The van der Waals surface area contributed by atoms with Crippen LogP contribution in [-0.4, -0.2) is 26.4 Å². The van der Waals surface area contributed by atoms with Gasteiger partial charge in [0.15, 0.2) is 0 Å². The first kappa shape index (κ1) is 12.9. The molecular formula is C12H15ClN4O. The van der Waals surface area contributed by atoms with Crippen molar-refractivity contribution in [3.8, 4) is 5.75 Å². The molecule has 2 rings (SSSR count). The Balaban J connectivity index is 1.82. The third-order valence-corrected chi connectivity index (χ3v) is 2.92. The number of halogens is 1. The van der Waals surface area contributed by atoms with E-state index in [1.54, 1.807) is 24.5 Å². The second-order valence-corrected chi connectivity index (χ2v) is 4.49. The molecule has 2 aromatic rings. The number of hydrogen-bond donors (Lipinski definition) is 2. The first-order valence-electron chi connectivity index (χ1n) is 5.68. The van der Waals surface area contributed by atoms with E-state index in [2.05, 4.69) is 15.5 Å². The lowest BCUT2D eigenvalue weighted by molar-refractivity contribution is 0.464. The molecule has 0 amide bonds. The summed E-state index contributed by atoms with van der Waals surface area (Å²) in [5, 5.41) is 21.3. The lowest BCUT2D eigenvalue weighted by atomic mass is 10.2. The molecule has 1 aromatic heterocycles. The molecule has 0 fully saturated rings. The summed E-state index contributed by atoms with van der Waals surface area (Å²) in [5.74, 6) is 1.18. The number of phenolic OH excluding ortho intramolecular Hbond substituents is 1. The molecular weight excluding hydrogens is 252 g/mol. The second-order valence-electron chi connectivity index (χ2n) is 4.06. The summed E-state index contributed by atoms with van der Waals surface area (Å²) in [7, 11) is 1.91. The van der Waals surface area contributed by atoms with E-state index in [0.717, 1.165) is 24.4 Å². The Bertz CT molecular complexity index is 527. The SMILES string of the molecule is Cn1cnnc1CCNCc1cc(Cl)ccc1O. The van der Waals surface area contributed by atoms with Crippen LogP contribution in [0.1, 0.15) is 11.4 Å². The van der Waals surface area contributed by atoms with Gasteiger partial charge < -0.3 is 15.0 Å². The maximum Gasteiger partial charge on any atom is 0.133 e. The number of nitrogens with zero attached hydrogens (tertiary/aromatic N) is 3. The van der Waals surface area contributed by atoms with Gasteiger partial charge >= 0.3 is 0 Å². The van der Waals surface area contributed by atoms with Gasteiger partial charge in [-0.1, -0.05) is 11.6 Å². The quantitative estimate of drug-likeness (QED) is 0.806. The van der Waals surface area contributed by atoms with Crippen molar-refractivity contribution in [3.05, 3.63) is 40.9 Å². The Morgan fingerprint density at radius 2 is 2.28 bits per heavy atom. The van der Waals surface area contributed by atoms with Crippen molar-refractivity contribution < 1.29 is 5.11 Å². The van der Waals surface area contributed by atoms with Crippen molar-refractivity contribution >= 4 is 11.6 Å². The number of aryl methyl sites for hydroxylation is 1. The van der Waals surface area contributed by atoms with Gasteiger partial charge in [-0.05, 0) is 18.2 Å². The fourth-order valence-corrected chi connectivity index (χ4v) is 1.85. The van der Waals surface area contributed by atoms with Crippen LogP contribution in [0.2, 0.25) is 5.02 Å². The highest BCUT2D eigenvalue weighted by Gasteiger charge is 2.03.